The normalized spacial score (nSPS) is 17.4. The lowest BCUT2D eigenvalue weighted by Gasteiger charge is -2.31. The molecule has 0 N–H and O–H groups in total. The van der Waals surface area contributed by atoms with Gasteiger partial charge in [-0.3, -0.25) is 4.79 Å². The number of benzene rings is 1. The van der Waals surface area contributed by atoms with Gasteiger partial charge in [-0.15, -0.1) is 0 Å². The number of carbonyl (C=O) groups is 1. The summed E-state index contributed by atoms with van der Waals surface area (Å²) in [6.45, 7) is 1.05. The van der Waals surface area contributed by atoms with Crippen LogP contribution in [0.2, 0.25) is 0 Å². The van der Waals surface area contributed by atoms with Gasteiger partial charge in [0, 0.05) is 19.2 Å². The second kappa shape index (κ2) is 7.71. The molecule has 2 aromatic rings. The molecule has 0 spiro atoms. The van der Waals surface area contributed by atoms with Gasteiger partial charge < -0.3 is 18.8 Å². The second-order valence-electron chi connectivity index (χ2n) is 6.86. The Hall–Kier alpha value is -2.74. The van der Waals surface area contributed by atoms with Crippen molar-refractivity contribution in [2.75, 3.05) is 19.9 Å². The molecular weight excluding hydrogens is 382 g/mol. The first-order valence-electron chi connectivity index (χ1n) is 9.12. The zero-order valence-electron chi connectivity index (χ0n) is 15.2. The topological polar surface area (TPSA) is 86.0 Å². The van der Waals surface area contributed by atoms with E-state index in [0.717, 1.165) is 5.56 Å². The summed E-state index contributed by atoms with van der Waals surface area (Å²) in [5, 5.41) is -0.445. The van der Waals surface area contributed by atoms with E-state index in [-0.39, 0.29) is 18.5 Å². The average Bonchev–Trinajstić information content (AvgIpc) is 3.37. The van der Waals surface area contributed by atoms with Gasteiger partial charge in [0.15, 0.2) is 21.3 Å². The van der Waals surface area contributed by atoms with Crippen molar-refractivity contribution in [1.82, 2.24) is 4.90 Å². The molecule has 0 unspecified atom stereocenters. The number of hydrogen-bond acceptors (Lipinski definition) is 6. The molecule has 1 aromatic carbocycles. The number of nitrogens with zero attached hydrogens (tertiary/aromatic N) is 1. The van der Waals surface area contributed by atoms with Crippen LogP contribution in [0.15, 0.2) is 47.1 Å². The highest BCUT2D eigenvalue weighted by Gasteiger charge is 2.31. The van der Waals surface area contributed by atoms with Crippen molar-refractivity contribution in [2.24, 2.45) is 0 Å². The molecule has 1 saturated heterocycles. The van der Waals surface area contributed by atoms with Crippen LogP contribution in [0.3, 0.4) is 0 Å². The van der Waals surface area contributed by atoms with E-state index in [4.69, 9.17) is 13.9 Å². The number of rotatable bonds is 5. The summed E-state index contributed by atoms with van der Waals surface area (Å²) < 4.78 is 40.8. The fourth-order valence-corrected chi connectivity index (χ4v) is 5.16. The lowest BCUT2D eigenvalue weighted by atomic mass is 10.1. The van der Waals surface area contributed by atoms with Crippen LogP contribution < -0.4 is 9.47 Å². The highest BCUT2D eigenvalue weighted by Crippen LogP contribution is 2.32. The molecule has 1 fully saturated rings. The van der Waals surface area contributed by atoms with E-state index in [1.54, 1.807) is 23.1 Å². The molecule has 7 nitrogen and oxygen atoms in total. The molecule has 1 aromatic heterocycles. The number of hydrogen-bond donors (Lipinski definition) is 0. The smallest absolute Gasteiger partial charge is 0.246 e. The molecule has 2 aliphatic rings. The predicted molar refractivity (Wildman–Crippen MR) is 103 cm³/mol. The lowest BCUT2D eigenvalue weighted by molar-refractivity contribution is -0.126. The standard InChI is InChI=1S/C20H21NO6S/c22-20(6-4-15-3-5-18-19(12-15)27-14-26-18)21-9-7-17(8-10-21)28(23,24)13-16-2-1-11-25-16/h1-6,11-12,17H,7-10,13-14H2/b6-4+. The SMILES string of the molecule is O=C(/C=C/c1ccc2c(c1)OCO2)N1CCC(S(=O)(=O)Cc2ccco2)CC1. The minimum atomic E-state index is -3.29. The van der Waals surface area contributed by atoms with E-state index in [0.29, 0.717) is 43.2 Å². The molecule has 2 aliphatic heterocycles. The molecule has 0 bridgehead atoms. The summed E-state index contributed by atoms with van der Waals surface area (Å²) in [6.07, 6.45) is 5.58. The molecule has 1 amide bonds. The van der Waals surface area contributed by atoms with Gasteiger partial charge >= 0.3 is 0 Å². The Labute approximate surface area is 163 Å². The molecule has 3 heterocycles. The van der Waals surface area contributed by atoms with Crippen molar-refractivity contribution in [1.29, 1.82) is 0 Å². The van der Waals surface area contributed by atoms with Gasteiger partial charge in [0.25, 0.3) is 0 Å². The van der Waals surface area contributed by atoms with Crippen molar-refractivity contribution in [3.05, 3.63) is 54.0 Å². The molecule has 148 valence electrons. The monoisotopic (exact) mass is 403 g/mol. The molecule has 4 rings (SSSR count). The van der Waals surface area contributed by atoms with Gasteiger partial charge in [-0.2, -0.15) is 0 Å². The number of sulfone groups is 1. The Morgan fingerprint density at radius 3 is 2.68 bits per heavy atom. The van der Waals surface area contributed by atoms with E-state index in [1.807, 2.05) is 18.2 Å². The highest BCUT2D eigenvalue weighted by atomic mass is 32.2. The minimum Gasteiger partial charge on any atom is -0.468 e. The number of likely N-dealkylation sites (tertiary alicyclic amines) is 1. The first-order chi connectivity index (χ1) is 13.5. The Bertz CT molecular complexity index is 972. The van der Waals surface area contributed by atoms with Crippen LogP contribution in [0.5, 0.6) is 11.5 Å². The first-order valence-corrected chi connectivity index (χ1v) is 10.8. The molecule has 0 saturated carbocycles. The number of piperidine rings is 1. The van der Waals surface area contributed by atoms with Gasteiger partial charge in [-0.1, -0.05) is 6.07 Å². The molecule has 28 heavy (non-hydrogen) atoms. The van der Waals surface area contributed by atoms with Crippen molar-refractivity contribution < 1.29 is 27.1 Å². The maximum Gasteiger partial charge on any atom is 0.246 e. The van der Waals surface area contributed by atoms with Crippen LogP contribution in [-0.4, -0.2) is 44.4 Å². The fourth-order valence-electron chi connectivity index (χ4n) is 3.44. The zero-order valence-corrected chi connectivity index (χ0v) is 16.1. The number of carbonyl (C=O) groups excluding carboxylic acids is 1. The molecule has 0 atom stereocenters. The summed E-state index contributed by atoms with van der Waals surface area (Å²) in [5.74, 6) is 1.59. The van der Waals surface area contributed by atoms with E-state index in [9.17, 15) is 13.2 Å². The maximum atomic E-state index is 12.5. The zero-order chi connectivity index (χ0) is 19.6. The summed E-state index contributed by atoms with van der Waals surface area (Å²) in [4.78, 5) is 14.1. The predicted octanol–water partition coefficient (Wildman–Crippen LogP) is 2.63. The van der Waals surface area contributed by atoms with Crippen LogP contribution in [0.1, 0.15) is 24.2 Å². The number of furan rings is 1. The third-order valence-corrected chi connectivity index (χ3v) is 7.17. The Balaban J connectivity index is 1.32. The van der Waals surface area contributed by atoms with Crippen LogP contribution in [-0.2, 0) is 20.4 Å². The van der Waals surface area contributed by atoms with Crippen molar-refractivity contribution in [3.63, 3.8) is 0 Å². The quantitative estimate of drug-likeness (QED) is 0.714. The van der Waals surface area contributed by atoms with Crippen LogP contribution in [0, 0.1) is 0 Å². The van der Waals surface area contributed by atoms with Crippen LogP contribution in [0.25, 0.3) is 6.08 Å². The second-order valence-corrected chi connectivity index (χ2v) is 9.14. The minimum absolute atomic E-state index is 0.0946. The maximum absolute atomic E-state index is 12.5. The molecule has 0 radical (unpaired) electrons. The summed E-state index contributed by atoms with van der Waals surface area (Å²) >= 11 is 0. The van der Waals surface area contributed by atoms with Gasteiger partial charge in [0.2, 0.25) is 12.7 Å². The lowest BCUT2D eigenvalue weighted by Crippen LogP contribution is -2.42. The molecular formula is C20H21NO6S. The van der Waals surface area contributed by atoms with Crippen LogP contribution in [0.4, 0.5) is 0 Å². The summed E-state index contributed by atoms with van der Waals surface area (Å²) in [6, 6.07) is 8.82. The number of ether oxygens (including phenoxy) is 2. The molecule has 0 aliphatic carbocycles. The third kappa shape index (κ3) is 4.06. The largest absolute Gasteiger partial charge is 0.468 e. The van der Waals surface area contributed by atoms with E-state index in [2.05, 4.69) is 0 Å². The summed E-state index contributed by atoms with van der Waals surface area (Å²) in [7, 11) is -3.29. The van der Waals surface area contributed by atoms with Gasteiger partial charge in [-0.25, -0.2) is 8.42 Å². The highest BCUT2D eigenvalue weighted by molar-refractivity contribution is 7.91. The van der Waals surface area contributed by atoms with E-state index < -0.39 is 15.1 Å². The van der Waals surface area contributed by atoms with Gasteiger partial charge in [-0.05, 0) is 48.7 Å². The van der Waals surface area contributed by atoms with Crippen LogP contribution >= 0.6 is 0 Å². The van der Waals surface area contributed by atoms with E-state index in [1.165, 1.54) is 12.3 Å². The van der Waals surface area contributed by atoms with Crippen molar-refractivity contribution >= 4 is 21.8 Å². The Morgan fingerprint density at radius 2 is 1.93 bits per heavy atom. The van der Waals surface area contributed by atoms with Gasteiger partial charge in [0.1, 0.15) is 11.5 Å². The van der Waals surface area contributed by atoms with Gasteiger partial charge in [0.05, 0.1) is 11.5 Å². The number of fused-ring (bicyclic) bond motifs is 1. The van der Waals surface area contributed by atoms with Crippen molar-refractivity contribution in [3.8, 4) is 11.5 Å². The van der Waals surface area contributed by atoms with E-state index >= 15 is 0 Å². The average molecular weight is 403 g/mol. The third-order valence-electron chi connectivity index (χ3n) is 5.00. The Morgan fingerprint density at radius 1 is 1.14 bits per heavy atom. The fraction of sp³-hybridized carbons (Fsp3) is 0.350. The first kappa shape index (κ1) is 18.6. The summed E-state index contributed by atoms with van der Waals surface area (Å²) in [5.41, 5.74) is 0.841. The van der Waals surface area contributed by atoms with Crippen molar-refractivity contribution in [2.45, 2.75) is 23.8 Å². The number of amides is 1. The molecule has 8 heteroatoms. The Kier molecular flexibility index (Phi) is 5.13.